The molecule has 1 aromatic heterocycles. The van der Waals surface area contributed by atoms with E-state index in [1.54, 1.807) is 4.68 Å². The highest BCUT2D eigenvalue weighted by molar-refractivity contribution is 8.17. The molecule has 0 saturated carbocycles. The first kappa shape index (κ1) is 18.4. The molecule has 0 saturated heterocycles. The summed E-state index contributed by atoms with van der Waals surface area (Å²) in [5.41, 5.74) is 2.50. The third-order valence-corrected chi connectivity index (χ3v) is 8.33. The second-order valence-corrected chi connectivity index (χ2v) is 10.3. The summed E-state index contributed by atoms with van der Waals surface area (Å²) < 4.78 is 1.75. The number of carbonyl (C=O) groups excluding carboxylic acids is 1. The standard InChI is InChI=1S/C20H25ClN4OS/c1-14-8-10-22-17(13-27(14)2)24-11-9-16-18(20(24)26)23-25(19(16)21)12-15-6-4-3-5-7-15/h3-8,10,14,17,22,27H,9,11-13H2,1-2H3/t14?,17-/m0/s1. The number of nitrogens with zero attached hydrogens (tertiary/aromatic N) is 3. The molecule has 0 spiro atoms. The van der Waals surface area contributed by atoms with Crippen molar-refractivity contribution in [3.8, 4) is 0 Å². The molecule has 1 N–H and O–H groups in total. The van der Waals surface area contributed by atoms with Gasteiger partial charge in [0.05, 0.1) is 6.54 Å². The molecule has 2 aliphatic heterocycles. The summed E-state index contributed by atoms with van der Waals surface area (Å²) in [4.78, 5) is 15.1. The van der Waals surface area contributed by atoms with E-state index in [0.717, 1.165) is 23.3 Å². The van der Waals surface area contributed by atoms with Crippen molar-refractivity contribution in [2.45, 2.75) is 31.3 Å². The summed E-state index contributed by atoms with van der Waals surface area (Å²) in [5.74, 6) is 0.970. The van der Waals surface area contributed by atoms with Crippen LogP contribution in [0.3, 0.4) is 0 Å². The maximum atomic E-state index is 13.2. The number of rotatable bonds is 3. The van der Waals surface area contributed by atoms with E-state index >= 15 is 0 Å². The number of hydrogen-bond donors (Lipinski definition) is 2. The fourth-order valence-corrected chi connectivity index (χ4v) is 5.48. The minimum absolute atomic E-state index is 0.0196. The number of fused-ring (bicyclic) bond motifs is 1. The highest BCUT2D eigenvalue weighted by Crippen LogP contribution is 2.33. The van der Waals surface area contributed by atoms with Crippen molar-refractivity contribution in [3.63, 3.8) is 0 Å². The lowest BCUT2D eigenvalue weighted by molar-refractivity contribution is 0.0653. The summed E-state index contributed by atoms with van der Waals surface area (Å²) in [6, 6.07) is 10.1. The van der Waals surface area contributed by atoms with Crippen LogP contribution in [-0.4, -0.2) is 50.6 Å². The lowest BCUT2D eigenvalue weighted by Gasteiger charge is -2.35. The molecule has 2 unspecified atom stereocenters. The number of amides is 1. The molecule has 0 bridgehead atoms. The molecule has 0 aliphatic carbocycles. The van der Waals surface area contributed by atoms with Gasteiger partial charge in [-0.05, 0) is 24.4 Å². The van der Waals surface area contributed by atoms with E-state index < -0.39 is 0 Å². The number of nitrogens with one attached hydrogen (secondary N) is 1. The van der Waals surface area contributed by atoms with Crippen LogP contribution in [0, 0.1) is 0 Å². The molecule has 3 heterocycles. The van der Waals surface area contributed by atoms with Crippen molar-refractivity contribution in [2.75, 3.05) is 18.6 Å². The van der Waals surface area contributed by atoms with Gasteiger partial charge in [-0.1, -0.05) is 54.9 Å². The highest BCUT2D eigenvalue weighted by atomic mass is 35.5. The number of thiol groups is 1. The van der Waals surface area contributed by atoms with E-state index in [9.17, 15) is 4.79 Å². The van der Waals surface area contributed by atoms with Gasteiger partial charge in [-0.25, -0.2) is 15.6 Å². The minimum atomic E-state index is -0.159. The molecule has 2 aliphatic rings. The van der Waals surface area contributed by atoms with Crippen LogP contribution in [0.5, 0.6) is 0 Å². The Balaban J connectivity index is 1.57. The van der Waals surface area contributed by atoms with Gasteiger partial charge < -0.3 is 10.2 Å². The van der Waals surface area contributed by atoms with Crippen LogP contribution in [-0.2, 0) is 13.0 Å². The van der Waals surface area contributed by atoms with Gasteiger partial charge in [0.1, 0.15) is 11.3 Å². The summed E-state index contributed by atoms with van der Waals surface area (Å²) in [6.07, 6.45) is 7.28. The smallest absolute Gasteiger partial charge is 0.276 e. The Morgan fingerprint density at radius 3 is 2.89 bits per heavy atom. The SMILES string of the molecule is CC1C=CN[C@@H](N2CCc3c(nn(Cc4ccccc4)c3Cl)C2=O)C[SH]1C. The van der Waals surface area contributed by atoms with E-state index in [2.05, 4.69) is 29.7 Å². The van der Waals surface area contributed by atoms with Crippen molar-refractivity contribution in [2.24, 2.45) is 0 Å². The van der Waals surface area contributed by atoms with Crippen molar-refractivity contribution >= 4 is 28.4 Å². The van der Waals surface area contributed by atoms with Gasteiger partial charge in [0, 0.05) is 23.1 Å². The second kappa shape index (κ2) is 7.60. The third-order valence-electron chi connectivity index (χ3n) is 5.42. The molecule has 1 amide bonds. The molecule has 144 valence electrons. The van der Waals surface area contributed by atoms with Gasteiger partial charge in [0.15, 0.2) is 5.69 Å². The zero-order valence-corrected chi connectivity index (χ0v) is 17.3. The van der Waals surface area contributed by atoms with Crippen LogP contribution >= 0.6 is 22.5 Å². The number of carbonyl (C=O) groups is 1. The largest absolute Gasteiger partial charge is 0.371 e. The van der Waals surface area contributed by atoms with E-state index in [0.29, 0.717) is 29.2 Å². The molecule has 7 heteroatoms. The number of aromatic nitrogens is 2. The van der Waals surface area contributed by atoms with Crippen LogP contribution in [0.1, 0.15) is 28.5 Å². The molecule has 2 aromatic rings. The van der Waals surface area contributed by atoms with E-state index in [-0.39, 0.29) is 23.0 Å². The van der Waals surface area contributed by atoms with Crippen molar-refractivity contribution < 1.29 is 4.79 Å². The second-order valence-electron chi connectivity index (χ2n) is 7.23. The molecule has 4 rings (SSSR count). The van der Waals surface area contributed by atoms with Crippen molar-refractivity contribution in [1.29, 1.82) is 0 Å². The number of benzene rings is 1. The van der Waals surface area contributed by atoms with E-state index in [1.807, 2.05) is 41.4 Å². The van der Waals surface area contributed by atoms with Crippen LogP contribution in [0.25, 0.3) is 0 Å². The fourth-order valence-electron chi connectivity index (χ4n) is 3.63. The monoisotopic (exact) mass is 404 g/mol. The average molecular weight is 405 g/mol. The third kappa shape index (κ3) is 3.60. The molecular weight excluding hydrogens is 380 g/mol. The number of halogens is 1. The minimum Gasteiger partial charge on any atom is -0.371 e. The molecule has 1 aromatic carbocycles. The Labute approximate surface area is 167 Å². The summed E-state index contributed by atoms with van der Waals surface area (Å²) in [6.45, 7) is 3.49. The Kier molecular flexibility index (Phi) is 5.19. The Morgan fingerprint density at radius 2 is 2.11 bits per heavy atom. The first-order valence-corrected chi connectivity index (χ1v) is 11.7. The highest BCUT2D eigenvalue weighted by Gasteiger charge is 2.35. The molecule has 3 atom stereocenters. The summed E-state index contributed by atoms with van der Waals surface area (Å²) in [5, 5.41) is 9.14. The van der Waals surface area contributed by atoms with Crippen LogP contribution in [0.2, 0.25) is 5.15 Å². The molecule has 0 fully saturated rings. The average Bonchev–Trinajstić information content (AvgIpc) is 2.88. The Hall–Kier alpha value is -1.92. The lowest BCUT2D eigenvalue weighted by atomic mass is 10.1. The first-order valence-electron chi connectivity index (χ1n) is 9.27. The molecular formula is C20H25ClN4OS. The molecule has 5 nitrogen and oxygen atoms in total. The summed E-state index contributed by atoms with van der Waals surface area (Å²) in [7, 11) is -0.159. The van der Waals surface area contributed by atoms with Gasteiger partial charge in [0.2, 0.25) is 0 Å². The Bertz CT molecular complexity index is 866. The van der Waals surface area contributed by atoms with Gasteiger partial charge in [-0.3, -0.25) is 4.79 Å². The van der Waals surface area contributed by atoms with Gasteiger partial charge in [-0.15, -0.1) is 0 Å². The number of hydrogen-bond acceptors (Lipinski definition) is 3. The van der Waals surface area contributed by atoms with Gasteiger partial charge >= 0.3 is 0 Å². The Morgan fingerprint density at radius 1 is 1.33 bits per heavy atom. The fraction of sp³-hybridized carbons (Fsp3) is 0.400. The topological polar surface area (TPSA) is 50.2 Å². The lowest BCUT2D eigenvalue weighted by Crippen LogP contribution is -2.51. The van der Waals surface area contributed by atoms with E-state index in [4.69, 9.17) is 11.6 Å². The first-order chi connectivity index (χ1) is 13.0. The van der Waals surface area contributed by atoms with Crippen LogP contribution in [0.4, 0.5) is 0 Å². The molecule has 27 heavy (non-hydrogen) atoms. The van der Waals surface area contributed by atoms with Crippen molar-refractivity contribution in [1.82, 2.24) is 20.0 Å². The normalized spacial score (nSPS) is 26.4. The van der Waals surface area contributed by atoms with Gasteiger partial charge in [-0.2, -0.15) is 5.10 Å². The summed E-state index contributed by atoms with van der Waals surface area (Å²) >= 11 is 6.57. The zero-order valence-electron chi connectivity index (χ0n) is 15.6. The molecule has 0 radical (unpaired) electrons. The van der Waals surface area contributed by atoms with Gasteiger partial charge in [0.25, 0.3) is 5.91 Å². The van der Waals surface area contributed by atoms with Crippen molar-refractivity contribution in [3.05, 3.63) is 64.6 Å². The maximum absolute atomic E-state index is 13.2. The predicted molar refractivity (Wildman–Crippen MR) is 113 cm³/mol. The predicted octanol–water partition coefficient (Wildman–Crippen LogP) is 3.05. The van der Waals surface area contributed by atoms with Crippen LogP contribution < -0.4 is 5.32 Å². The van der Waals surface area contributed by atoms with E-state index in [1.165, 1.54) is 0 Å². The van der Waals surface area contributed by atoms with Crippen LogP contribution in [0.15, 0.2) is 42.6 Å². The maximum Gasteiger partial charge on any atom is 0.276 e. The quantitative estimate of drug-likeness (QED) is 0.773. The zero-order chi connectivity index (χ0) is 19.0.